The van der Waals surface area contributed by atoms with Crippen LogP contribution in [0.3, 0.4) is 0 Å². The van der Waals surface area contributed by atoms with Crippen LogP contribution in [-0.4, -0.2) is 18.4 Å². The molecule has 0 fully saturated rings. The predicted octanol–water partition coefficient (Wildman–Crippen LogP) is 4.01. The molecule has 2 N–H and O–H groups in total. The molecule has 120 valence electrons. The lowest BCUT2D eigenvalue weighted by atomic mass is 10.1. The van der Waals surface area contributed by atoms with Crippen molar-refractivity contribution in [1.82, 2.24) is 0 Å². The van der Waals surface area contributed by atoms with E-state index in [1.807, 2.05) is 43.3 Å². The summed E-state index contributed by atoms with van der Waals surface area (Å²) >= 11 is 0. The number of hydrogen-bond acceptors (Lipinski definition) is 4. The molecule has 2 aromatic carbocycles. The molecule has 4 heteroatoms. The lowest BCUT2D eigenvalue weighted by molar-refractivity contribution is -0.108. The summed E-state index contributed by atoms with van der Waals surface area (Å²) in [6.07, 6.45) is 1.71. The van der Waals surface area contributed by atoms with Crippen molar-refractivity contribution >= 4 is 17.7 Å². The topological polar surface area (TPSA) is 50.4 Å². The minimum atomic E-state index is -0.159. The third-order valence-electron chi connectivity index (χ3n) is 4.09. The van der Waals surface area contributed by atoms with E-state index in [0.717, 1.165) is 35.4 Å². The van der Waals surface area contributed by atoms with Crippen molar-refractivity contribution in [3.8, 4) is 5.75 Å². The molecule has 0 radical (unpaired) electrons. The smallest absolute Gasteiger partial charge is 0.142 e. The van der Waals surface area contributed by atoms with Gasteiger partial charge in [-0.05, 0) is 38.0 Å². The molecule has 0 bridgehead atoms. The number of fused-ring (bicyclic) bond motifs is 1. The monoisotopic (exact) mass is 310 g/mol. The van der Waals surface area contributed by atoms with Gasteiger partial charge in [-0.1, -0.05) is 30.3 Å². The Hall–Kier alpha value is -2.49. The molecule has 0 saturated heterocycles. The average Bonchev–Trinajstić information content (AvgIpc) is 2.72. The quantitative estimate of drug-likeness (QED) is 0.838. The highest BCUT2D eigenvalue weighted by Gasteiger charge is 2.20. The van der Waals surface area contributed by atoms with Gasteiger partial charge < -0.3 is 20.2 Å². The van der Waals surface area contributed by atoms with Gasteiger partial charge in [0, 0.05) is 12.1 Å². The second-order valence-corrected chi connectivity index (χ2v) is 6.05. The molecule has 0 aliphatic carbocycles. The molecule has 0 amide bonds. The van der Waals surface area contributed by atoms with Crippen molar-refractivity contribution in [1.29, 1.82) is 0 Å². The van der Waals surface area contributed by atoms with E-state index in [9.17, 15) is 4.79 Å². The summed E-state index contributed by atoms with van der Waals surface area (Å²) in [5.74, 6) is 0.811. The Kier molecular flexibility index (Phi) is 4.51. The van der Waals surface area contributed by atoms with Gasteiger partial charge in [0.2, 0.25) is 0 Å². The van der Waals surface area contributed by atoms with E-state index in [2.05, 4.69) is 29.7 Å². The molecule has 0 saturated carbocycles. The van der Waals surface area contributed by atoms with Gasteiger partial charge in [0.15, 0.2) is 0 Å². The molecular formula is C19H22N2O2. The second kappa shape index (κ2) is 6.73. The first-order valence-corrected chi connectivity index (χ1v) is 7.99. The van der Waals surface area contributed by atoms with Crippen LogP contribution in [0, 0.1) is 0 Å². The second-order valence-electron chi connectivity index (χ2n) is 6.05. The fraction of sp³-hybridized carbons (Fsp3) is 0.316. The van der Waals surface area contributed by atoms with Crippen LogP contribution in [0.25, 0.3) is 0 Å². The Morgan fingerprint density at radius 3 is 2.65 bits per heavy atom. The first-order valence-electron chi connectivity index (χ1n) is 7.99. The molecule has 1 unspecified atom stereocenters. The molecular weight excluding hydrogens is 288 g/mol. The number of carbonyl (C=O) groups excluding carboxylic acids is 1. The van der Waals surface area contributed by atoms with E-state index in [-0.39, 0.29) is 18.2 Å². The summed E-state index contributed by atoms with van der Waals surface area (Å²) in [5, 5.41) is 6.70. The summed E-state index contributed by atoms with van der Waals surface area (Å²) < 4.78 is 6.06. The number of rotatable bonds is 4. The third kappa shape index (κ3) is 3.65. The van der Waals surface area contributed by atoms with E-state index in [0.29, 0.717) is 0 Å². The number of hydrogen-bond donors (Lipinski definition) is 2. The van der Waals surface area contributed by atoms with Gasteiger partial charge in [0.1, 0.15) is 18.1 Å². The van der Waals surface area contributed by atoms with E-state index >= 15 is 0 Å². The zero-order valence-electron chi connectivity index (χ0n) is 13.5. The molecule has 3 rings (SSSR count). The zero-order chi connectivity index (χ0) is 16.2. The van der Waals surface area contributed by atoms with Gasteiger partial charge in [-0.2, -0.15) is 0 Å². The van der Waals surface area contributed by atoms with Crippen molar-refractivity contribution in [2.75, 3.05) is 10.6 Å². The van der Waals surface area contributed by atoms with Crippen LogP contribution in [0.15, 0.2) is 48.5 Å². The Morgan fingerprint density at radius 1 is 1.13 bits per heavy atom. The molecule has 2 aromatic rings. The lowest BCUT2D eigenvalue weighted by Gasteiger charge is -2.18. The Morgan fingerprint density at radius 2 is 1.91 bits per heavy atom. The summed E-state index contributed by atoms with van der Waals surface area (Å²) in [6.45, 7) is 4.12. The van der Waals surface area contributed by atoms with E-state index < -0.39 is 0 Å². The molecule has 23 heavy (non-hydrogen) atoms. The van der Waals surface area contributed by atoms with Crippen LogP contribution >= 0.6 is 0 Å². The number of anilines is 2. The molecule has 1 aliphatic rings. The largest absolute Gasteiger partial charge is 0.486 e. The van der Waals surface area contributed by atoms with Crippen LogP contribution in [0.5, 0.6) is 5.75 Å². The van der Waals surface area contributed by atoms with Crippen molar-refractivity contribution in [3.63, 3.8) is 0 Å². The zero-order valence-corrected chi connectivity index (χ0v) is 13.5. The van der Waals surface area contributed by atoms with E-state index in [4.69, 9.17) is 4.74 Å². The molecule has 0 spiro atoms. The maximum absolute atomic E-state index is 11.1. The molecule has 0 aromatic heterocycles. The Bertz CT molecular complexity index is 672. The highest BCUT2D eigenvalue weighted by molar-refractivity contribution is 5.76. The first-order chi connectivity index (χ1) is 11.2. The number of benzene rings is 2. The normalized spacial score (nSPS) is 21.1. The van der Waals surface area contributed by atoms with Crippen LogP contribution in [0.4, 0.5) is 11.4 Å². The summed E-state index contributed by atoms with van der Waals surface area (Å²) in [4.78, 5) is 11.1. The van der Waals surface area contributed by atoms with Gasteiger partial charge in [0.25, 0.3) is 0 Å². The highest BCUT2D eigenvalue weighted by atomic mass is 16.5. The predicted molar refractivity (Wildman–Crippen MR) is 93.1 cm³/mol. The average molecular weight is 310 g/mol. The van der Waals surface area contributed by atoms with Crippen LogP contribution < -0.4 is 15.4 Å². The molecule has 4 nitrogen and oxygen atoms in total. The highest BCUT2D eigenvalue weighted by Crippen LogP contribution is 2.33. The summed E-state index contributed by atoms with van der Waals surface area (Å²) in [5.41, 5.74) is 3.05. The number of aldehydes is 1. The van der Waals surface area contributed by atoms with Crippen molar-refractivity contribution < 1.29 is 9.53 Å². The minimum Gasteiger partial charge on any atom is -0.486 e. The van der Waals surface area contributed by atoms with Crippen molar-refractivity contribution in [2.45, 2.75) is 38.5 Å². The summed E-state index contributed by atoms with van der Waals surface area (Å²) in [7, 11) is 0. The Labute approximate surface area is 136 Å². The first kappa shape index (κ1) is 15.4. The fourth-order valence-electron chi connectivity index (χ4n) is 2.89. The van der Waals surface area contributed by atoms with Gasteiger partial charge in [-0.3, -0.25) is 0 Å². The Balaban J connectivity index is 1.79. The maximum atomic E-state index is 11.1. The molecule has 1 heterocycles. The van der Waals surface area contributed by atoms with Gasteiger partial charge in [-0.25, -0.2) is 0 Å². The van der Waals surface area contributed by atoms with Crippen LogP contribution in [-0.2, 0) is 4.79 Å². The summed E-state index contributed by atoms with van der Waals surface area (Å²) in [6, 6.07) is 16.1. The SMILES string of the molecule is C[C@@H]1CC(C=O)Nc2ccc(O[C@H](C)c3ccccc3)cc2N1. The van der Waals surface area contributed by atoms with Crippen LogP contribution in [0.2, 0.25) is 0 Å². The van der Waals surface area contributed by atoms with E-state index in [1.54, 1.807) is 0 Å². The van der Waals surface area contributed by atoms with Crippen molar-refractivity contribution in [2.24, 2.45) is 0 Å². The number of nitrogens with one attached hydrogen (secondary N) is 2. The number of carbonyl (C=O) groups is 1. The van der Waals surface area contributed by atoms with Crippen molar-refractivity contribution in [3.05, 3.63) is 54.1 Å². The fourth-order valence-corrected chi connectivity index (χ4v) is 2.89. The maximum Gasteiger partial charge on any atom is 0.142 e. The third-order valence-corrected chi connectivity index (χ3v) is 4.09. The van der Waals surface area contributed by atoms with Gasteiger partial charge >= 0.3 is 0 Å². The van der Waals surface area contributed by atoms with Gasteiger partial charge in [0.05, 0.1) is 17.4 Å². The van der Waals surface area contributed by atoms with Crippen LogP contribution in [0.1, 0.15) is 31.9 Å². The number of ether oxygens (including phenoxy) is 1. The van der Waals surface area contributed by atoms with Gasteiger partial charge in [-0.15, -0.1) is 0 Å². The van der Waals surface area contributed by atoms with E-state index in [1.165, 1.54) is 0 Å². The lowest BCUT2D eigenvalue weighted by Crippen LogP contribution is -2.25. The molecule has 1 aliphatic heterocycles. The molecule has 3 atom stereocenters. The minimum absolute atomic E-state index is 0.0202. The standard InChI is InChI=1S/C19H22N2O2/c1-13-10-16(12-22)21-18-9-8-17(11-19(18)20-13)23-14(2)15-6-4-3-5-7-15/h3-9,11-14,16,20-21H,10H2,1-2H3/t13-,14-,16?/m1/s1.